The van der Waals surface area contributed by atoms with Crippen molar-refractivity contribution in [2.24, 2.45) is 0 Å². The van der Waals surface area contributed by atoms with Crippen LogP contribution in [0.1, 0.15) is 0 Å². The summed E-state index contributed by atoms with van der Waals surface area (Å²) in [7, 11) is -3.78. The maximum absolute atomic E-state index is 11.8. The molecule has 0 unspecified atom stereocenters. The zero-order valence-corrected chi connectivity index (χ0v) is 9.96. The predicted molar refractivity (Wildman–Crippen MR) is 62.5 cm³/mol. The van der Waals surface area contributed by atoms with Gasteiger partial charge >= 0.3 is 0 Å². The first kappa shape index (κ1) is 11.7. The smallest absolute Gasteiger partial charge is 0.278 e. The van der Waals surface area contributed by atoms with Gasteiger partial charge in [0, 0.05) is 11.1 Å². The highest BCUT2D eigenvalue weighted by Gasteiger charge is 2.17. The van der Waals surface area contributed by atoms with Crippen molar-refractivity contribution < 1.29 is 13.5 Å². The summed E-state index contributed by atoms with van der Waals surface area (Å²) in [6, 6.07) is 5.37. The van der Waals surface area contributed by atoms with Crippen LogP contribution >= 0.6 is 11.6 Å². The van der Waals surface area contributed by atoms with Crippen molar-refractivity contribution in [1.82, 2.24) is 10.2 Å². The van der Waals surface area contributed by atoms with Gasteiger partial charge in [0.2, 0.25) is 0 Å². The minimum absolute atomic E-state index is 0.0454. The molecular formula is C9H8ClN3O3S. The van der Waals surface area contributed by atoms with Gasteiger partial charge in [0.25, 0.3) is 10.0 Å². The second-order valence-electron chi connectivity index (χ2n) is 3.19. The molecule has 0 saturated carbocycles. The molecular weight excluding hydrogens is 266 g/mol. The average molecular weight is 274 g/mol. The fraction of sp³-hybridized carbons (Fsp3) is 0. The molecule has 0 atom stereocenters. The average Bonchev–Trinajstić information content (AvgIpc) is 2.76. The molecule has 0 radical (unpaired) electrons. The van der Waals surface area contributed by atoms with Gasteiger partial charge in [-0.3, -0.25) is 9.82 Å². The standard InChI is InChI=1S/C9H8ClN3O3S/c10-6-1-2-7(8(14)5-6)13-17(15,16)9-3-4-11-12-9/h1-5,13-14H,(H,11,12). The van der Waals surface area contributed by atoms with E-state index in [2.05, 4.69) is 14.9 Å². The third-order valence-electron chi connectivity index (χ3n) is 1.97. The normalized spacial score (nSPS) is 11.4. The summed E-state index contributed by atoms with van der Waals surface area (Å²) in [6.45, 7) is 0. The fourth-order valence-corrected chi connectivity index (χ4v) is 2.33. The molecule has 0 aliphatic carbocycles. The summed E-state index contributed by atoms with van der Waals surface area (Å²) in [4.78, 5) is 0. The molecule has 0 aliphatic rings. The highest BCUT2D eigenvalue weighted by Crippen LogP contribution is 2.28. The Morgan fingerprint density at radius 1 is 1.35 bits per heavy atom. The Bertz CT molecular complexity index is 625. The molecule has 1 aromatic carbocycles. The van der Waals surface area contributed by atoms with Crippen LogP contribution in [0.25, 0.3) is 0 Å². The summed E-state index contributed by atoms with van der Waals surface area (Å²) >= 11 is 5.63. The number of aromatic nitrogens is 2. The summed E-state index contributed by atoms with van der Waals surface area (Å²) in [5.74, 6) is -0.249. The van der Waals surface area contributed by atoms with Gasteiger partial charge in [-0.05, 0) is 18.2 Å². The maximum atomic E-state index is 11.8. The van der Waals surface area contributed by atoms with Crippen LogP contribution in [0, 0.1) is 0 Å². The second kappa shape index (κ2) is 4.27. The van der Waals surface area contributed by atoms with Crippen LogP contribution in [0.4, 0.5) is 5.69 Å². The lowest BCUT2D eigenvalue weighted by atomic mass is 10.3. The highest BCUT2D eigenvalue weighted by atomic mass is 35.5. The van der Waals surface area contributed by atoms with Crippen LogP contribution in [-0.4, -0.2) is 23.7 Å². The van der Waals surface area contributed by atoms with Crippen LogP contribution in [0.15, 0.2) is 35.5 Å². The van der Waals surface area contributed by atoms with E-state index in [-0.39, 0.29) is 16.5 Å². The quantitative estimate of drug-likeness (QED) is 0.740. The number of phenolic OH excluding ortho intramolecular Hbond substituents is 1. The first-order valence-corrected chi connectivity index (χ1v) is 6.36. The third kappa shape index (κ3) is 2.51. The summed E-state index contributed by atoms with van der Waals surface area (Å²) in [5, 5.41) is 15.6. The summed E-state index contributed by atoms with van der Waals surface area (Å²) in [6.07, 6.45) is 1.32. The van der Waals surface area contributed by atoms with Crippen LogP contribution in [-0.2, 0) is 10.0 Å². The molecule has 2 aromatic rings. The molecule has 90 valence electrons. The second-order valence-corrected chi connectivity index (χ2v) is 5.28. The molecule has 0 amide bonds. The molecule has 2 rings (SSSR count). The van der Waals surface area contributed by atoms with Gasteiger partial charge in [-0.2, -0.15) is 13.5 Å². The number of hydrogen-bond donors (Lipinski definition) is 3. The minimum atomic E-state index is -3.78. The molecule has 0 saturated heterocycles. The van der Waals surface area contributed by atoms with E-state index in [4.69, 9.17) is 11.6 Å². The maximum Gasteiger partial charge on any atom is 0.278 e. The zero-order valence-electron chi connectivity index (χ0n) is 8.38. The van der Waals surface area contributed by atoms with Gasteiger partial charge in [0.1, 0.15) is 5.75 Å². The van der Waals surface area contributed by atoms with Gasteiger partial charge in [-0.15, -0.1) is 0 Å². The van der Waals surface area contributed by atoms with Gasteiger partial charge in [-0.25, -0.2) is 0 Å². The van der Waals surface area contributed by atoms with E-state index in [9.17, 15) is 13.5 Å². The number of H-pyrrole nitrogens is 1. The number of hydrogen-bond acceptors (Lipinski definition) is 4. The van der Waals surface area contributed by atoms with Gasteiger partial charge in [0.15, 0.2) is 5.03 Å². The Labute approximate surface area is 102 Å². The number of anilines is 1. The number of aromatic hydroxyl groups is 1. The molecule has 1 heterocycles. The van der Waals surface area contributed by atoms with E-state index in [1.807, 2.05) is 0 Å². The molecule has 0 aliphatic heterocycles. The number of rotatable bonds is 3. The van der Waals surface area contributed by atoms with Gasteiger partial charge in [-0.1, -0.05) is 11.6 Å². The Morgan fingerprint density at radius 3 is 2.71 bits per heavy atom. The number of sulfonamides is 1. The first-order chi connectivity index (χ1) is 7.99. The van der Waals surface area contributed by atoms with E-state index < -0.39 is 10.0 Å². The number of nitrogens with zero attached hydrogens (tertiary/aromatic N) is 1. The van der Waals surface area contributed by atoms with E-state index >= 15 is 0 Å². The van der Waals surface area contributed by atoms with Crippen molar-refractivity contribution >= 4 is 27.3 Å². The van der Waals surface area contributed by atoms with E-state index in [0.29, 0.717) is 5.02 Å². The van der Waals surface area contributed by atoms with Crippen molar-refractivity contribution in [1.29, 1.82) is 0 Å². The SMILES string of the molecule is O=S(=O)(Nc1ccc(Cl)cc1O)c1ccn[nH]1. The van der Waals surface area contributed by atoms with Crippen LogP contribution in [0.5, 0.6) is 5.75 Å². The lowest BCUT2D eigenvalue weighted by Crippen LogP contribution is -2.13. The van der Waals surface area contributed by atoms with Crippen molar-refractivity contribution in [2.45, 2.75) is 5.03 Å². The topological polar surface area (TPSA) is 95.1 Å². The molecule has 0 bridgehead atoms. The number of phenols is 1. The number of benzene rings is 1. The molecule has 6 nitrogen and oxygen atoms in total. The molecule has 17 heavy (non-hydrogen) atoms. The van der Waals surface area contributed by atoms with E-state index in [1.165, 1.54) is 30.5 Å². The summed E-state index contributed by atoms with van der Waals surface area (Å²) < 4.78 is 25.8. The molecule has 8 heteroatoms. The van der Waals surface area contributed by atoms with Crippen molar-refractivity contribution in [2.75, 3.05) is 4.72 Å². The lowest BCUT2D eigenvalue weighted by molar-refractivity contribution is 0.477. The zero-order chi connectivity index (χ0) is 12.5. The predicted octanol–water partition coefficient (Wildman–Crippen LogP) is 1.57. The lowest BCUT2D eigenvalue weighted by Gasteiger charge is -2.07. The largest absolute Gasteiger partial charge is 0.506 e. The van der Waals surface area contributed by atoms with E-state index in [1.54, 1.807) is 0 Å². The Balaban J connectivity index is 2.33. The molecule has 1 aromatic heterocycles. The Hall–Kier alpha value is -1.73. The highest BCUT2D eigenvalue weighted by molar-refractivity contribution is 7.92. The molecule has 3 N–H and O–H groups in total. The first-order valence-electron chi connectivity index (χ1n) is 4.50. The summed E-state index contributed by atoms with van der Waals surface area (Å²) in [5.41, 5.74) is 0.0454. The van der Waals surface area contributed by atoms with Crippen molar-refractivity contribution in [3.05, 3.63) is 35.5 Å². The van der Waals surface area contributed by atoms with Gasteiger partial charge < -0.3 is 5.11 Å². The van der Waals surface area contributed by atoms with Crippen molar-refractivity contribution in [3.8, 4) is 5.75 Å². The van der Waals surface area contributed by atoms with Crippen LogP contribution < -0.4 is 4.72 Å². The molecule has 0 fully saturated rings. The van der Waals surface area contributed by atoms with Crippen LogP contribution in [0.3, 0.4) is 0 Å². The number of halogens is 1. The van der Waals surface area contributed by atoms with Crippen molar-refractivity contribution in [3.63, 3.8) is 0 Å². The third-order valence-corrected chi connectivity index (χ3v) is 3.50. The number of nitrogens with one attached hydrogen (secondary N) is 2. The Morgan fingerprint density at radius 2 is 2.12 bits per heavy atom. The molecule has 0 spiro atoms. The number of aromatic amines is 1. The minimum Gasteiger partial charge on any atom is -0.506 e. The van der Waals surface area contributed by atoms with Crippen LogP contribution in [0.2, 0.25) is 5.02 Å². The fourth-order valence-electron chi connectivity index (χ4n) is 1.18. The van der Waals surface area contributed by atoms with Gasteiger partial charge in [0.05, 0.1) is 11.9 Å². The monoisotopic (exact) mass is 273 g/mol. The van der Waals surface area contributed by atoms with E-state index in [0.717, 1.165) is 0 Å². The Kier molecular flexibility index (Phi) is 2.95.